The summed E-state index contributed by atoms with van der Waals surface area (Å²) in [6, 6.07) is 2.31. The third-order valence-corrected chi connectivity index (χ3v) is 4.32. The summed E-state index contributed by atoms with van der Waals surface area (Å²) in [5, 5.41) is 8.74. The molecule has 3 nitrogen and oxygen atoms in total. The molecule has 2 aromatic heterocycles. The number of hydrogen-bond acceptors (Lipinski definition) is 5. The van der Waals surface area contributed by atoms with Gasteiger partial charge in [-0.2, -0.15) is 0 Å². The van der Waals surface area contributed by atoms with Gasteiger partial charge in [-0.1, -0.05) is 6.92 Å². The third-order valence-electron chi connectivity index (χ3n) is 2.51. The lowest BCUT2D eigenvalue weighted by atomic mass is 10.1. The van der Waals surface area contributed by atoms with Crippen molar-refractivity contribution in [1.29, 1.82) is 0 Å². The zero-order chi connectivity index (χ0) is 12.1. The Bertz CT molecular complexity index is 439. The summed E-state index contributed by atoms with van der Waals surface area (Å²) in [4.78, 5) is 5.60. The minimum absolute atomic E-state index is 0.293. The lowest BCUT2D eigenvalue weighted by molar-refractivity contribution is 0.403. The van der Waals surface area contributed by atoms with Crippen molar-refractivity contribution in [1.82, 2.24) is 10.3 Å². The SMILES string of the molecule is CCNC(Cc1nccs1)c1sccc1OC. The fourth-order valence-electron chi connectivity index (χ4n) is 1.76. The molecule has 0 aliphatic carbocycles. The lowest BCUT2D eigenvalue weighted by Gasteiger charge is -2.16. The Morgan fingerprint density at radius 3 is 2.94 bits per heavy atom. The topological polar surface area (TPSA) is 34.2 Å². The smallest absolute Gasteiger partial charge is 0.134 e. The number of rotatable bonds is 6. The normalized spacial score (nSPS) is 12.6. The highest BCUT2D eigenvalue weighted by molar-refractivity contribution is 7.10. The predicted octanol–water partition coefficient (Wildman–Crippen LogP) is 3.11. The maximum Gasteiger partial charge on any atom is 0.134 e. The lowest BCUT2D eigenvalue weighted by Crippen LogP contribution is -2.22. The maximum atomic E-state index is 5.39. The van der Waals surface area contributed by atoms with Crippen LogP contribution >= 0.6 is 22.7 Å². The largest absolute Gasteiger partial charge is 0.496 e. The second kappa shape index (κ2) is 6.14. The molecule has 0 saturated carbocycles. The molecule has 0 saturated heterocycles. The average molecular weight is 268 g/mol. The number of likely N-dealkylation sites (N-methyl/N-ethyl adjacent to an activating group) is 1. The van der Waals surface area contributed by atoms with Crippen molar-refractivity contribution >= 4 is 22.7 Å². The fourth-order valence-corrected chi connectivity index (χ4v) is 3.36. The molecule has 1 N–H and O–H groups in total. The summed E-state index contributed by atoms with van der Waals surface area (Å²) >= 11 is 3.43. The average Bonchev–Trinajstić information content (AvgIpc) is 2.98. The van der Waals surface area contributed by atoms with E-state index < -0.39 is 0 Å². The van der Waals surface area contributed by atoms with Gasteiger partial charge in [-0.15, -0.1) is 22.7 Å². The molecule has 0 amide bonds. The van der Waals surface area contributed by atoms with Gasteiger partial charge >= 0.3 is 0 Å². The van der Waals surface area contributed by atoms with E-state index >= 15 is 0 Å². The summed E-state index contributed by atoms with van der Waals surface area (Å²) in [7, 11) is 1.72. The van der Waals surface area contributed by atoms with Crippen LogP contribution < -0.4 is 10.1 Å². The van der Waals surface area contributed by atoms with Crippen molar-refractivity contribution in [3.63, 3.8) is 0 Å². The van der Waals surface area contributed by atoms with E-state index in [9.17, 15) is 0 Å². The van der Waals surface area contributed by atoms with Crippen molar-refractivity contribution in [2.45, 2.75) is 19.4 Å². The molecule has 92 valence electrons. The van der Waals surface area contributed by atoms with Gasteiger partial charge in [-0.3, -0.25) is 0 Å². The van der Waals surface area contributed by atoms with Crippen molar-refractivity contribution < 1.29 is 4.74 Å². The van der Waals surface area contributed by atoms with Gasteiger partial charge in [0, 0.05) is 18.0 Å². The second-order valence-corrected chi connectivity index (χ2v) is 5.52. The van der Waals surface area contributed by atoms with Gasteiger partial charge in [-0.05, 0) is 18.0 Å². The van der Waals surface area contributed by atoms with Crippen molar-refractivity contribution in [3.05, 3.63) is 32.9 Å². The van der Waals surface area contributed by atoms with Gasteiger partial charge in [0.2, 0.25) is 0 Å². The molecular formula is C12H16N2OS2. The first-order valence-electron chi connectivity index (χ1n) is 5.58. The molecule has 0 aromatic carbocycles. The molecule has 17 heavy (non-hydrogen) atoms. The van der Waals surface area contributed by atoms with E-state index in [2.05, 4.69) is 22.6 Å². The van der Waals surface area contributed by atoms with Crippen LogP contribution in [0.25, 0.3) is 0 Å². The standard InChI is InChI=1S/C12H16N2OS2/c1-3-13-9(8-11-14-5-7-16-11)12-10(15-2)4-6-17-12/h4-7,9,13H,3,8H2,1-2H3. The molecule has 2 heterocycles. The number of methoxy groups -OCH3 is 1. The highest BCUT2D eigenvalue weighted by Gasteiger charge is 2.18. The van der Waals surface area contributed by atoms with Crippen LogP contribution in [0.4, 0.5) is 0 Å². The van der Waals surface area contributed by atoms with E-state index in [0.717, 1.165) is 23.7 Å². The molecular weight excluding hydrogens is 252 g/mol. The monoisotopic (exact) mass is 268 g/mol. The van der Waals surface area contributed by atoms with Gasteiger partial charge in [0.25, 0.3) is 0 Å². The van der Waals surface area contributed by atoms with Gasteiger partial charge < -0.3 is 10.1 Å². The first-order valence-corrected chi connectivity index (χ1v) is 7.34. The molecule has 5 heteroatoms. The number of hydrogen-bond donors (Lipinski definition) is 1. The Hall–Kier alpha value is -0.910. The molecule has 1 unspecified atom stereocenters. The maximum absolute atomic E-state index is 5.39. The summed E-state index contributed by atoms with van der Waals surface area (Å²) in [6.07, 6.45) is 2.77. The molecule has 0 fully saturated rings. The molecule has 0 bridgehead atoms. The van der Waals surface area contributed by atoms with Gasteiger partial charge in [-0.25, -0.2) is 4.98 Å². The van der Waals surface area contributed by atoms with Crippen LogP contribution in [-0.4, -0.2) is 18.6 Å². The number of nitrogens with one attached hydrogen (secondary N) is 1. The molecule has 0 spiro atoms. The van der Waals surface area contributed by atoms with Crippen LogP contribution in [0.2, 0.25) is 0 Å². The number of ether oxygens (including phenoxy) is 1. The van der Waals surface area contributed by atoms with Crippen LogP contribution in [0.5, 0.6) is 5.75 Å². The van der Waals surface area contributed by atoms with E-state index in [-0.39, 0.29) is 0 Å². The Kier molecular flexibility index (Phi) is 4.53. The first kappa shape index (κ1) is 12.5. The Balaban J connectivity index is 2.16. The van der Waals surface area contributed by atoms with Crippen molar-refractivity contribution in [2.75, 3.05) is 13.7 Å². The van der Waals surface area contributed by atoms with E-state index in [1.54, 1.807) is 29.8 Å². The quantitative estimate of drug-likeness (QED) is 0.874. The summed E-state index contributed by atoms with van der Waals surface area (Å²) < 4.78 is 5.39. The fraction of sp³-hybridized carbons (Fsp3) is 0.417. The first-order chi connectivity index (χ1) is 8.35. The van der Waals surface area contributed by atoms with E-state index in [1.165, 1.54) is 4.88 Å². The summed E-state index contributed by atoms with van der Waals surface area (Å²) in [6.45, 7) is 3.06. The Labute approximate surface area is 109 Å². The summed E-state index contributed by atoms with van der Waals surface area (Å²) in [5.74, 6) is 0.970. The molecule has 1 atom stereocenters. The van der Waals surface area contributed by atoms with E-state index in [1.807, 2.05) is 17.6 Å². The second-order valence-electron chi connectivity index (χ2n) is 3.59. The number of thiazole rings is 1. The van der Waals surface area contributed by atoms with Crippen LogP contribution in [0.1, 0.15) is 22.9 Å². The van der Waals surface area contributed by atoms with Gasteiger partial charge in [0.05, 0.1) is 23.0 Å². The summed E-state index contributed by atoms with van der Waals surface area (Å²) in [5.41, 5.74) is 0. The van der Waals surface area contributed by atoms with Crippen LogP contribution in [0.15, 0.2) is 23.0 Å². The predicted molar refractivity (Wildman–Crippen MR) is 73.1 cm³/mol. The number of nitrogens with zero attached hydrogens (tertiary/aromatic N) is 1. The van der Waals surface area contributed by atoms with Crippen molar-refractivity contribution in [2.24, 2.45) is 0 Å². The molecule has 2 rings (SSSR count). The van der Waals surface area contributed by atoms with Gasteiger partial charge in [0.15, 0.2) is 0 Å². The molecule has 0 aliphatic heterocycles. The van der Waals surface area contributed by atoms with E-state index in [4.69, 9.17) is 4.74 Å². The minimum Gasteiger partial charge on any atom is -0.496 e. The van der Waals surface area contributed by atoms with Crippen molar-refractivity contribution in [3.8, 4) is 5.75 Å². The zero-order valence-electron chi connectivity index (χ0n) is 9.97. The van der Waals surface area contributed by atoms with Crippen LogP contribution in [0, 0.1) is 0 Å². The molecule has 0 radical (unpaired) electrons. The van der Waals surface area contributed by atoms with Crippen LogP contribution in [-0.2, 0) is 6.42 Å². The van der Waals surface area contributed by atoms with Crippen LogP contribution in [0.3, 0.4) is 0 Å². The Morgan fingerprint density at radius 1 is 1.41 bits per heavy atom. The Morgan fingerprint density at radius 2 is 2.29 bits per heavy atom. The highest BCUT2D eigenvalue weighted by Crippen LogP contribution is 2.32. The zero-order valence-corrected chi connectivity index (χ0v) is 11.6. The number of thiophene rings is 1. The minimum atomic E-state index is 0.293. The third kappa shape index (κ3) is 3.06. The highest BCUT2D eigenvalue weighted by atomic mass is 32.1. The molecule has 2 aromatic rings. The van der Waals surface area contributed by atoms with Gasteiger partial charge in [0.1, 0.15) is 5.75 Å². The van der Waals surface area contributed by atoms with E-state index in [0.29, 0.717) is 6.04 Å². The number of aromatic nitrogens is 1. The molecule has 0 aliphatic rings.